The van der Waals surface area contributed by atoms with Gasteiger partial charge in [0.05, 0.1) is 20.8 Å². The number of para-hydroxylation sites is 1. The van der Waals surface area contributed by atoms with Crippen LogP contribution < -0.4 is 19.5 Å². The maximum atomic E-state index is 12.3. The number of hydrogen-bond donors (Lipinski definition) is 1. The van der Waals surface area contributed by atoms with Crippen molar-refractivity contribution in [2.24, 2.45) is 0 Å². The van der Waals surface area contributed by atoms with Crippen molar-refractivity contribution in [1.29, 1.82) is 0 Å². The van der Waals surface area contributed by atoms with E-state index in [9.17, 15) is 4.79 Å². The van der Waals surface area contributed by atoms with Crippen molar-refractivity contribution in [2.75, 3.05) is 33.9 Å². The number of methoxy groups -OCH3 is 2. The third-order valence-corrected chi connectivity index (χ3v) is 3.89. The van der Waals surface area contributed by atoms with Gasteiger partial charge in [-0.3, -0.25) is 0 Å². The van der Waals surface area contributed by atoms with Gasteiger partial charge >= 0.3 is 6.03 Å². The van der Waals surface area contributed by atoms with E-state index in [0.29, 0.717) is 43.5 Å². The van der Waals surface area contributed by atoms with Gasteiger partial charge in [-0.1, -0.05) is 36.4 Å². The number of rotatable bonds is 9. The Balaban J connectivity index is 1.82. The smallest absolute Gasteiger partial charge is 0.317 e. The number of nitrogens with one attached hydrogen (secondary N) is 1. The van der Waals surface area contributed by atoms with Gasteiger partial charge in [0.1, 0.15) is 6.61 Å². The number of nitrogens with zero attached hydrogens (tertiary/aromatic N) is 1. The van der Waals surface area contributed by atoms with E-state index in [1.54, 1.807) is 31.3 Å². The van der Waals surface area contributed by atoms with Gasteiger partial charge < -0.3 is 24.4 Å². The Morgan fingerprint density at radius 3 is 2.38 bits per heavy atom. The van der Waals surface area contributed by atoms with E-state index in [0.717, 1.165) is 5.56 Å². The van der Waals surface area contributed by atoms with Gasteiger partial charge in [0, 0.05) is 13.1 Å². The van der Waals surface area contributed by atoms with Crippen molar-refractivity contribution < 1.29 is 19.0 Å². The molecule has 0 saturated heterocycles. The first-order chi connectivity index (χ1) is 12.7. The maximum absolute atomic E-state index is 12.3. The predicted molar refractivity (Wildman–Crippen MR) is 101 cm³/mol. The van der Waals surface area contributed by atoms with Crippen LogP contribution in [0.3, 0.4) is 0 Å². The van der Waals surface area contributed by atoms with Gasteiger partial charge in [-0.2, -0.15) is 0 Å². The largest absolute Gasteiger partial charge is 0.493 e. The average molecular weight is 358 g/mol. The minimum absolute atomic E-state index is 0.113. The fraction of sp³-hybridized carbons (Fsp3) is 0.350. The molecule has 26 heavy (non-hydrogen) atoms. The summed E-state index contributed by atoms with van der Waals surface area (Å²) in [5.74, 6) is 1.73. The molecule has 2 rings (SSSR count). The van der Waals surface area contributed by atoms with Gasteiger partial charge in [0.15, 0.2) is 11.5 Å². The first-order valence-electron chi connectivity index (χ1n) is 8.60. The Hall–Kier alpha value is -2.89. The van der Waals surface area contributed by atoms with E-state index in [2.05, 4.69) is 5.32 Å². The van der Waals surface area contributed by atoms with E-state index < -0.39 is 0 Å². The highest BCUT2D eigenvalue weighted by Crippen LogP contribution is 2.36. The molecule has 2 aromatic rings. The van der Waals surface area contributed by atoms with Gasteiger partial charge in [0.2, 0.25) is 5.75 Å². The van der Waals surface area contributed by atoms with Crippen LogP contribution in [0.1, 0.15) is 12.5 Å². The van der Waals surface area contributed by atoms with Crippen LogP contribution in [0.25, 0.3) is 0 Å². The first-order valence-corrected chi connectivity index (χ1v) is 8.60. The molecule has 0 aromatic heterocycles. The fourth-order valence-electron chi connectivity index (χ4n) is 2.53. The summed E-state index contributed by atoms with van der Waals surface area (Å²) in [7, 11) is 3.14. The molecule has 0 aliphatic carbocycles. The van der Waals surface area contributed by atoms with Gasteiger partial charge in [-0.15, -0.1) is 0 Å². The summed E-state index contributed by atoms with van der Waals surface area (Å²) in [6, 6.07) is 15.2. The molecule has 0 fully saturated rings. The van der Waals surface area contributed by atoms with Crippen LogP contribution in [-0.2, 0) is 6.54 Å². The molecule has 0 bridgehead atoms. The molecule has 6 heteroatoms. The second kappa shape index (κ2) is 10.2. The Labute approximate surface area is 154 Å². The summed E-state index contributed by atoms with van der Waals surface area (Å²) in [6.45, 7) is 3.89. The van der Waals surface area contributed by atoms with E-state index in [-0.39, 0.29) is 6.03 Å². The molecule has 6 nitrogen and oxygen atoms in total. The lowest BCUT2D eigenvalue weighted by atomic mass is 10.2. The molecule has 0 unspecified atom stereocenters. The Morgan fingerprint density at radius 2 is 1.73 bits per heavy atom. The molecule has 0 atom stereocenters. The molecule has 0 radical (unpaired) electrons. The number of ether oxygens (including phenoxy) is 3. The number of benzene rings is 2. The van der Waals surface area contributed by atoms with E-state index in [1.807, 2.05) is 43.3 Å². The van der Waals surface area contributed by atoms with Crippen molar-refractivity contribution in [2.45, 2.75) is 13.5 Å². The summed E-state index contributed by atoms with van der Waals surface area (Å²) in [5, 5.41) is 2.88. The van der Waals surface area contributed by atoms with Crippen LogP contribution in [0, 0.1) is 0 Å². The van der Waals surface area contributed by atoms with E-state index in [1.165, 1.54) is 0 Å². The lowest BCUT2D eigenvalue weighted by Crippen LogP contribution is -2.41. The molecule has 0 aliphatic heterocycles. The van der Waals surface area contributed by atoms with Crippen LogP contribution >= 0.6 is 0 Å². The van der Waals surface area contributed by atoms with E-state index >= 15 is 0 Å². The monoisotopic (exact) mass is 358 g/mol. The fourth-order valence-corrected chi connectivity index (χ4v) is 2.53. The highest BCUT2D eigenvalue weighted by molar-refractivity contribution is 5.74. The van der Waals surface area contributed by atoms with Crippen molar-refractivity contribution in [3.63, 3.8) is 0 Å². The minimum Gasteiger partial charge on any atom is -0.493 e. The molecular weight excluding hydrogens is 332 g/mol. The third kappa shape index (κ3) is 5.31. The SMILES string of the molecule is CCN(Cc1ccccc1)C(=O)NCCOc1cccc(OC)c1OC. The molecule has 0 heterocycles. The van der Waals surface area contributed by atoms with Crippen molar-refractivity contribution >= 4 is 6.03 Å². The molecule has 2 aromatic carbocycles. The molecule has 0 aliphatic rings. The first kappa shape index (κ1) is 19.4. The molecule has 1 N–H and O–H groups in total. The van der Waals surface area contributed by atoms with Crippen LogP contribution in [0.15, 0.2) is 48.5 Å². The molecule has 0 saturated carbocycles. The Bertz CT molecular complexity index is 691. The maximum Gasteiger partial charge on any atom is 0.317 e. The average Bonchev–Trinajstić information content (AvgIpc) is 2.69. The van der Waals surface area contributed by atoms with Crippen LogP contribution in [-0.4, -0.2) is 44.8 Å². The quantitative estimate of drug-likeness (QED) is 0.699. The topological polar surface area (TPSA) is 60.0 Å². The van der Waals surface area contributed by atoms with Crippen LogP contribution in [0.5, 0.6) is 17.2 Å². The minimum atomic E-state index is -0.113. The second-order valence-corrected chi connectivity index (χ2v) is 5.57. The highest BCUT2D eigenvalue weighted by Gasteiger charge is 2.13. The van der Waals surface area contributed by atoms with E-state index in [4.69, 9.17) is 14.2 Å². The number of carbonyl (C=O) groups is 1. The Morgan fingerprint density at radius 1 is 1.00 bits per heavy atom. The standard InChI is InChI=1S/C20H26N2O4/c1-4-22(15-16-9-6-5-7-10-16)20(23)21-13-14-26-18-12-8-11-17(24-2)19(18)25-3/h5-12H,4,13-15H2,1-3H3,(H,21,23). The molecule has 2 amide bonds. The molecule has 0 spiro atoms. The van der Waals surface area contributed by atoms with Gasteiger partial charge in [-0.05, 0) is 24.6 Å². The summed E-state index contributed by atoms with van der Waals surface area (Å²) in [4.78, 5) is 14.1. The summed E-state index contributed by atoms with van der Waals surface area (Å²) >= 11 is 0. The predicted octanol–water partition coefficient (Wildman–Crippen LogP) is 3.31. The highest BCUT2D eigenvalue weighted by atomic mass is 16.5. The third-order valence-electron chi connectivity index (χ3n) is 3.89. The number of carbonyl (C=O) groups excluding carboxylic acids is 1. The lowest BCUT2D eigenvalue weighted by Gasteiger charge is -2.21. The van der Waals surface area contributed by atoms with Crippen LogP contribution in [0.2, 0.25) is 0 Å². The van der Waals surface area contributed by atoms with Crippen molar-refractivity contribution in [3.05, 3.63) is 54.1 Å². The van der Waals surface area contributed by atoms with Crippen molar-refractivity contribution in [3.8, 4) is 17.2 Å². The number of urea groups is 1. The number of hydrogen-bond acceptors (Lipinski definition) is 4. The zero-order valence-corrected chi connectivity index (χ0v) is 15.5. The number of amides is 2. The second-order valence-electron chi connectivity index (χ2n) is 5.57. The van der Waals surface area contributed by atoms with Crippen molar-refractivity contribution in [1.82, 2.24) is 10.2 Å². The summed E-state index contributed by atoms with van der Waals surface area (Å²) in [6.07, 6.45) is 0. The van der Waals surface area contributed by atoms with Crippen LogP contribution in [0.4, 0.5) is 4.79 Å². The lowest BCUT2D eigenvalue weighted by molar-refractivity contribution is 0.194. The zero-order valence-electron chi connectivity index (χ0n) is 15.5. The summed E-state index contributed by atoms with van der Waals surface area (Å²) in [5.41, 5.74) is 1.10. The molecular formula is C20H26N2O4. The van der Waals surface area contributed by atoms with Gasteiger partial charge in [-0.25, -0.2) is 4.79 Å². The van der Waals surface area contributed by atoms with Gasteiger partial charge in [0.25, 0.3) is 0 Å². The normalized spacial score (nSPS) is 10.1. The Kier molecular flexibility index (Phi) is 7.61. The zero-order chi connectivity index (χ0) is 18.8. The molecule has 140 valence electrons. The summed E-state index contributed by atoms with van der Waals surface area (Å²) < 4.78 is 16.3.